The Labute approximate surface area is 130 Å². The minimum absolute atomic E-state index is 0.0703. The van der Waals surface area contributed by atoms with Gasteiger partial charge in [0.15, 0.2) is 0 Å². The van der Waals surface area contributed by atoms with Crippen LogP contribution >= 0.6 is 0 Å². The van der Waals surface area contributed by atoms with Crippen LogP contribution in [-0.2, 0) is 4.74 Å². The summed E-state index contributed by atoms with van der Waals surface area (Å²) in [5.74, 6) is 0.564. The summed E-state index contributed by atoms with van der Waals surface area (Å²) in [7, 11) is 2.30. The van der Waals surface area contributed by atoms with Crippen molar-refractivity contribution in [2.75, 3.05) is 20.2 Å². The van der Waals surface area contributed by atoms with Gasteiger partial charge < -0.3 is 15.4 Å². The molecule has 0 radical (unpaired) electrons. The van der Waals surface area contributed by atoms with Crippen LogP contribution in [0.3, 0.4) is 0 Å². The number of rotatable bonds is 3. The Hall–Kier alpha value is -0.120. The highest BCUT2D eigenvalue weighted by molar-refractivity contribution is 5.20. The topological polar surface area (TPSA) is 38.5 Å². The molecule has 3 nitrogen and oxygen atoms in total. The van der Waals surface area contributed by atoms with Crippen LogP contribution in [0.15, 0.2) is 0 Å². The van der Waals surface area contributed by atoms with Crippen LogP contribution in [0.1, 0.15) is 65.2 Å². The van der Waals surface area contributed by atoms with Crippen molar-refractivity contribution < 1.29 is 4.74 Å². The fourth-order valence-electron chi connectivity index (χ4n) is 5.23. The number of hydrogen-bond acceptors (Lipinski definition) is 3. The maximum atomic E-state index is 6.96. The molecule has 122 valence electrons. The van der Waals surface area contributed by atoms with Gasteiger partial charge in [-0.15, -0.1) is 0 Å². The van der Waals surface area contributed by atoms with E-state index in [1.165, 1.54) is 51.4 Å². The zero-order valence-electron chi connectivity index (χ0n) is 14.2. The monoisotopic (exact) mass is 294 g/mol. The summed E-state index contributed by atoms with van der Waals surface area (Å²) in [6.45, 7) is 6.61. The van der Waals surface area contributed by atoms with Crippen molar-refractivity contribution in [3.05, 3.63) is 0 Å². The lowest BCUT2D eigenvalue weighted by molar-refractivity contribution is -0.232. The van der Waals surface area contributed by atoms with Crippen molar-refractivity contribution in [3.63, 3.8) is 0 Å². The molecular formula is C18H34N2O. The predicted octanol–water partition coefficient (Wildman–Crippen LogP) is 3.17. The molecule has 0 bridgehead atoms. The molecular weight excluding hydrogens is 260 g/mol. The summed E-state index contributed by atoms with van der Waals surface area (Å²) in [5.41, 5.74) is 7.00. The zero-order chi connectivity index (χ0) is 15.1. The van der Waals surface area contributed by atoms with Gasteiger partial charge in [0.05, 0.1) is 6.10 Å². The Bertz CT molecular complexity index is 362. The van der Waals surface area contributed by atoms with E-state index in [4.69, 9.17) is 10.5 Å². The Morgan fingerprint density at radius 3 is 2.38 bits per heavy atom. The van der Waals surface area contributed by atoms with Crippen LogP contribution in [-0.4, -0.2) is 42.8 Å². The van der Waals surface area contributed by atoms with E-state index < -0.39 is 0 Å². The van der Waals surface area contributed by atoms with Crippen molar-refractivity contribution in [2.24, 2.45) is 17.1 Å². The third kappa shape index (κ3) is 2.55. The quantitative estimate of drug-likeness (QED) is 0.813. The number of likely N-dealkylation sites (N-methyl/N-ethyl adjacent to an activating group) is 1. The van der Waals surface area contributed by atoms with Crippen molar-refractivity contribution in [3.8, 4) is 0 Å². The molecule has 0 aromatic carbocycles. The van der Waals surface area contributed by atoms with Gasteiger partial charge >= 0.3 is 0 Å². The normalized spacial score (nSPS) is 40.4. The average Bonchev–Trinajstić information content (AvgIpc) is 2.76. The summed E-state index contributed by atoms with van der Waals surface area (Å²) >= 11 is 0. The zero-order valence-corrected chi connectivity index (χ0v) is 14.2. The Morgan fingerprint density at radius 2 is 1.71 bits per heavy atom. The number of ether oxygens (including phenoxy) is 1. The minimum Gasteiger partial charge on any atom is -0.377 e. The smallest absolute Gasteiger partial charge is 0.0690 e. The summed E-state index contributed by atoms with van der Waals surface area (Å²) in [6.07, 6.45) is 11.2. The third-order valence-electron chi connectivity index (χ3n) is 6.85. The second kappa shape index (κ2) is 5.82. The fourth-order valence-corrected chi connectivity index (χ4v) is 5.23. The molecule has 21 heavy (non-hydrogen) atoms. The molecule has 0 aromatic rings. The SMILES string of the molecule is CN(CC1(N)C2CCCOC2C1(C)C)C1CCCCCC1. The summed E-state index contributed by atoms with van der Waals surface area (Å²) in [5, 5.41) is 0. The van der Waals surface area contributed by atoms with E-state index in [-0.39, 0.29) is 11.0 Å². The van der Waals surface area contributed by atoms with Crippen LogP contribution < -0.4 is 5.73 Å². The van der Waals surface area contributed by atoms with Crippen molar-refractivity contribution >= 4 is 0 Å². The fraction of sp³-hybridized carbons (Fsp3) is 1.00. The van der Waals surface area contributed by atoms with E-state index in [9.17, 15) is 0 Å². The van der Waals surface area contributed by atoms with Crippen molar-refractivity contribution in [1.29, 1.82) is 0 Å². The number of nitrogens with two attached hydrogens (primary N) is 1. The van der Waals surface area contributed by atoms with E-state index in [1.54, 1.807) is 0 Å². The lowest BCUT2D eigenvalue weighted by Gasteiger charge is -2.67. The third-order valence-corrected chi connectivity index (χ3v) is 6.85. The lowest BCUT2D eigenvalue weighted by atomic mass is 9.46. The Kier molecular flexibility index (Phi) is 4.37. The molecule has 2 aliphatic carbocycles. The van der Waals surface area contributed by atoms with Gasteiger partial charge in [-0.25, -0.2) is 0 Å². The van der Waals surface area contributed by atoms with E-state index in [1.807, 2.05) is 0 Å². The first-order valence-electron chi connectivity index (χ1n) is 9.07. The predicted molar refractivity (Wildman–Crippen MR) is 87.3 cm³/mol. The molecule has 0 aromatic heterocycles. The second-order valence-corrected chi connectivity index (χ2v) is 8.36. The molecule has 1 aliphatic heterocycles. The Morgan fingerprint density at radius 1 is 1.05 bits per heavy atom. The molecule has 3 fully saturated rings. The highest BCUT2D eigenvalue weighted by Crippen LogP contribution is 2.57. The molecule has 3 aliphatic rings. The van der Waals surface area contributed by atoms with Gasteiger partial charge in [-0.05, 0) is 32.7 Å². The van der Waals surface area contributed by atoms with Gasteiger partial charge in [0.2, 0.25) is 0 Å². The lowest BCUT2D eigenvalue weighted by Crippen LogP contribution is -2.80. The Balaban J connectivity index is 1.67. The van der Waals surface area contributed by atoms with Gasteiger partial charge in [0.1, 0.15) is 0 Å². The molecule has 1 heterocycles. The number of nitrogens with zero attached hydrogens (tertiary/aromatic N) is 1. The van der Waals surface area contributed by atoms with Gasteiger partial charge in [0, 0.05) is 36.1 Å². The first-order valence-corrected chi connectivity index (χ1v) is 9.07. The summed E-state index contributed by atoms with van der Waals surface area (Å²) in [6, 6.07) is 0.743. The summed E-state index contributed by atoms with van der Waals surface area (Å²) in [4.78, 5) is 2.58. The second-order valence-electron chi connectivity index (χ2n) is 8.36. The maximum Gasteiger partial charge on any atom is 0.0690 e. The van der Waals surface area contributed by atoms with Crippen LogP contribution in [0, 0.1) is 11.3 Å². The van der Waals surface area contributed by atoms with Gasteiger partial charge in [0.25, 0.3) is 0 Å². The minimum atomic E-state index is -0.0703. The molecule has 0 amide bonds. The summed E-state index contributed by atoms with van der Waals surface area (Å²) < 4.78 is 6.04. The molecule has 3 unspecified atom stereocenters. The van der Waals surface area contributed by atoms with Crippen LogP contribution in [0.5, 0.6) is 0 Å². The molecule has 3 rings (SSSR count). The van der Waals surface area contributed by atoms with Gasteiger partial charge in [-0.2, -0.15) is 0 Å². The average molecular weight is 294 g/mol. The largest absolute Gasteiger partial charge is 0.377 e. The maximum absolute atomic E-state index is 6.96. The molecule has 3 atom stereocenters. The van der Waals surface area contributed by atoms with Crippen LogP contribution in [0.25, 0.3) is 0 Å². The van der Waals surface area contributed by atoms with E-state index in [0.29, 0.717) is 12.0 Å². The number of fused-ring (bicyclic) bond motifs is 1. The molecule has 2 N–H and O–H groups in total. The number of hydrogen-bond donors (Lipinski definition) is 1. The molecule has 3 heteroatoms. The highest BCUT2D eigenvalue weighted by Gasteiger charge is 2.66. The standard InChI is InChI=1S/C18H34N2O/c1-17(2)16-15(11-8-12-21-16)18(17,19)13-20(3)14-9-6-4-5-7-10-14/h14-16H,4-13,19H2,1-3H3. The van der Waals surface area contributed by atoms with Crippen LogP contribution in [0.2, 0.25) is 0 Å². The van der Waals surface area contributed by atoms with Gasteiger partial charge in [-0.3, -0.25) is 0 Å². The molecule has 1 saturated heterocycles. The van der Waals surface area contributed by atoms with E-state index in [2.05, 4.69) is 25.8 Å². The van der Waals surface area contributed by atoms with E-state index in [0.717, 1.165) is 19.2 Å². The molecule has 2 saturated carbocycles. The van der Waals surface area contributed by atoms with E-state index >= 15 is 0 Å². The highest BCUT2D eigenvalue weighted by atomic mass is 16.5. The first-order chi connectivity index (χ1) is 9.97. The first kappa shape index (κ1) is 15.8. The van der Waals surface area contributed by atoms with Crippen LogP contribution in [0.4, 0.5) is 0 Å². The van der Waals surface area contributed by atoms with Crippen molar-refractivity contribution in [2.45, 2.75) is 82.9 Å². The van der Waals surface area contributed by atoms with Crippen molar-refractivity contribution in [1.82, 2.24) is 4.90 Å². The molecule has 0 spiro atoms. The van der Waals surface area contributed by atoms with Gasteiger partial charge in [-0.1, -0.05) is 39.5 Å².